The zero-order valence-corrected chi connectivity index (χ0v) is 14.9. The van der Waals surface area contributed by atoms with E-state index in [1.807, 2.05) is 6.07 Å². The van der Waals surface area contributed by atoms with Gasteiger partial charge in [0.25, 0.3) is 0 Å². The van der Waals surface area contributed by atoms with Crippen LogP contribution in [0.5, 0.6) is 0 Å². The molecule has 0 bridgehead atoms. The Kier molecular flexibility index (Phi) is 3.44. The molecule has 2 aliphatic carbocycles. The number of aliphatic hydroxyl groups is 1. The molecule has 24 heavy (non-hydrogen) atoms. The van der Waals surface area contributed by atoms with Crippen LogP contribution in [-0.4, -0.2) is 22.8 Å². The van der Waals surface area contributed by atoms with Gasteiger partial charge in [0.05, 0.1) is 23.5 Å². The van der Waals surface area contributed by atoms with Crippen LogP contribution in [0.4, 0.5) is 0 Å². The topological polar surface area (TPSA) is 59.7 Å². The molecule has 4 rings (SSSR count). The van der Waals surface area contributed by atoms with E-state index in [2.05, 4.69) is 20.8 Å². The van der Waals surface area contributed by atoms with Crippen molar-refractivity contribution in [1.82, 2.24) is 0 Å². The van der Waals surface area contributed by atoms with Crippen molar-refractivity contribution < 1.29 is 19.1 Å². The van der Waals surface area contributed by atoms with Gasteiger partial charge in [-0.05, 0) is 56.6 Å². The summed E-state index contributed by atoms with van der Waals surface area (Å²) in [6, 6.07) is 1.97. The third kappa shape index (κ3) is 1.92. The van der Waals surface area contributed by atoms with E-state index in [9.17, 15) is 9.90 Å². The van der Waals surface area contributed by atoms with E-state index in [0.717, 1.165) is 37.7 Å². The molecule has 1 saturated heterocycles. The Balaban J connectivity index is 1.70. The third-order valence-corrected chi connectivity index (χ3v) is 7.63. The van der Waals surface area contributed by atoms with Crippen molar-refractivity contribution in [1.29, 1.82) is 0 Å². The molecule has 0 aromatic carbocycles. The highest BCUT2D eigenvalue weighted by atomic mass is 16.6. The molecule has 132 valence electrons. The third-order valence-electron chi connectivity index (χ3n) is 7.63. The Morgan fingerprint density at radius 3 is 2.83 bits per heavy atom. The number of aryl methyl sites for hydroxylation is 1. The second-order valence-electron chi connectivity index (χ2n) is 8.80. The fourth-order valence-electron chi connectivity index (χ4n) is 6.30. The second kappa shape index (κ2) is 5.10. The Labute approximate surface area is 143 Å². The summed E-state index contributed by atoms with van der Waals surface area (Å²) in [4.78, 5) is 12.6. The van der Waals surface area contributed by atoms with Gasteiger partial charge in [0, 0.05) is 11.3 Å². The lowest BCUT2D eigenvalue weighted by Crippen LogP contribution is -2.65. The van der Waals surface area contributed by atoms with Crippen molar-refractivity contribution in [3.8, 4) is 0 Å². The number of carbonyl (C=O) groups is 1. The Morgan fingerprint density at radius 1 is 1.33 bits per heavy atom. The Bertz CT molecular complexity index is 638. The summed E-state index contributed by atoms with van der Waals surface area (Å²) in [5.74, 6) is 0.190. The summed E-state index contributed by atoms with van der Waals surface area (Å²) in [7, 11) is 0. The molecule has 1 aromatic heterocycles. The molecule has 3 fully saturated rings. The number of esters is 1. The Hall–Kier alpha value is -1.29. The SMILES string of the molecule is CC1C[C@H]2OC(=O)[C@@]3(C)CCC[C@@](C)([C@@H]23)[C@@]1(O)CCc1ccoc1. The number of ether oxygens (including phenoxy) is 1. The van der Waals surface area contributed by atoms with Crippen molar-refractivity contribution >= 4 is 5.97 Å². The smallest absolute Gasteiger partial charge is 0.312 e. The van der Waals surface area contributed by atoms with Crippen LogP contribution in [-0.2, 0) is 16.0 Å². The molecule has 2 heterocycles. The molecule has 1 aromatic rings. The van der Waals surface area contributed by atoms with E-state index in [4.69, 9.17) is 9.15 Å². The van der Waals surface area contributed by atoms with Gasteiger partial charge in [-0.15, -0.1) is 0 Å². The van der Waals surface area contributed by atoms with Gasteiger partial charge in [0.1, 0.15) is 6.10 Å². The average Bonchev–Trinajstić information content (AvgIpc) is 3.12. The molecule has 4 nitrogen and oxygen atoms in total. The van der Waals surface area contributed by atoms with Gasteiger partial charge in [-0.2, -0.15) is 0 Å². The highest BCUT2D eigenvalue weighted by molar-refractivity contribution is 5.80. The largest absolute Gasteiger partial charge is 0.472 e. The molecule has 1 unspecified atom stereocenters. The monoisotopic (exact) mass is 332 g/mol. The van der Waals surface area contributed by atoms with Crippen LogP contribution in [0.1, 0.15) is 58.4 Å². The zero-order valence-electron chi connectivity index (χ0n) is 14.9. The first-order chi connectivity index (χ1) is 11.3. The molecule has 2 saturated carbocycles. The zero-order chi connectivity index (χ0) is 17.2. The lowest BCUT2D eigenvalue weighted by Gasteiger charge is -2.61. The van der Waals surface area contributed by atoms with E-state index in [1.54, 1.807) is 12.5 Å². The van der Waals surface area contributed by atoms with Gasteiger partial charge >= 0.3 is 5.97 Å². The predicted molar refractivity (Wildman–Crippen MR) is 89.2 cm³/mol. The number of carbonyl (C=O) groups excluding carboxylic acids is 1. The minimum Gasteiger partial charge on any atom is -0.472 e. The maximum Gasteiger partial charge on any atom is 0.312 e. The summed E-state index contributed by atoms with van der Waals surface area (Å²) < 4.78 is 11.0. The maximum absolute atomic E-state index is 12.6. The van der Waals surface area contributed by atoms with Gasteiger partial charge in [0.15, 0.2) is 0 Å². The van der Waals surface area contributed by atoms with Gasteiger partial charge in [-0.1, -0.05) is 20.3 Å². The van der Waals surface area contributed by atoms with Gasteiger partial charge in [-0.3, -0.25) is 4.79 Å². The first-order valence-electron chi connectivity index (χ1n) is 9.26. The highest BCUT2D eigenvalue weighted by Crippen LogP contribution is 2.67. The lowest BCUT2D eigenvalue weighted by atomic mass is 9.44. The molecule has 1 N–H and O–H groups in total. The average molecular weight is 332 g/mol. The minimum absolute atomic E-state index is 0.0306. The first-order valence-corrected chi connectivity index (χ1v) is 9.26. The first kappa shape index (κ1) is 16.2. The van der Waals surface area contributed by atoms with Crippen molar-refractivity contribution in [3.63, 3.8) is 0 Å². The fraction of sp³-hybridized carbons (Fsp3) is 0.750. The molecule has 0 spiro atoms. The summed E-state index contributed by atoms with van der Waals surface area (Å²) in [5.41, 5.74) is -0.362. The van der Waals surface area contributed by atoms with E-state index >= 15 is 0 Å². The second-order valence-corrected chi connectivity index (χ2v) is 8.80. The quantitative estimate of drug-likeness (QED) is 0.857. The lowest BCUT2D eigenvalue weighted by molar-refractivity contribution is -0.217. The van der Waals surface area contributed by atoms with E-state index in [-0.39, 0.29) is 29.3 Å². The molecule has 1 aliphatic heterocycles. The van der Waals surface area contributed by atoms with Gasteiger partial charge in [-0.25, -0.2) is 0 Å². The molecular weight excluding hydrogens is 304 g/mol. The highest BCUT2D eigenvalue weighted by Gasteiger charge is 2.70. The van der Waals surface area contributed by atoms with Crippen molar-refractivity contribution in [2.75, 3.05) is 0 Å². The van der Waals surface area contributed by atoms with Crippen LogP contribution in [0.25, 0.3) is 0 Å². The minimum atomic E-state index is -0.777. The van der Waals surface area contributed by atoms with Crippen LogP contribution in [0, 0.1) is 22.7 Å². The molecule has 0 amide bonds. The predicted octanol–water partition coefficient (Wildman–Crippen LogP) is 3.72. The van der Waals surface area contributed by atoms with Crippen LogP contribution in [0.2, 0.25) is 0 Å². The van der Waals surface area contributed by atoms with Crippen molar-refractivity contribution in [2.24, 2.45) is 22.7 Å². The van der Waals surface area contributed by atoms with Crippen LogP contribution >= 0.6 is 0 Å². The summed E-state index contributed by atoms with van der Waals surface area (Å²) in [5, 5.41) is 11.9. The molecule has 0 radical (unpaired) electrons. The molecule has 4 heteroatoms. The summed E-state index contributed by atoms with van der Waals surface area (Å²) in [6.07, 6.45) is 8.51. The number of furan rings is 1. The van der Waals surface area contributed by atoms with Gasteiger partial charge < -0.3 is 14.3 Å². The van der Waals surface area contributed by atoms with E-state index in [0.29, 0.717) is 6.42 Å². The van der Waals surface area contributed by atoms with E-state index in [1.165, 1.54) is 0 Å². The number of hydrogen-bond acceptors (Lipinski definition) is 4. The normalized spacial score (nSPS) is 47.3. The fourth-order valence-corrected chi connectivity index (χ4v) is 6.30. The van der Waals surface area contributed by atoms with Crippen molar-refractivity contribution in [2.45, 2.75) is 71.0 Å². The summed E-state index contributed by atoms with van der Waals surface area (Å²) >= 11 is 0. The molecule has 6 atom stereocenters. The molecule has 3 aliphatic rings. The van der Waals surface area contributed by atoms with Crippen LogP contribution < -0.4 is 0 Å². The number of rotatable bonds is 3. The van der Waals surface area contributed by atoms with Crippen molar-refractivity contribution in [3.05, 3.63) is 24.2 Å². The summed E-state index contributed by atoms with van der Waals surface area (Å²) in [6.45, 7) is 6.38. The molecular formula is C20H28O4. The van der Waals surface area contributed by atoms with Gasteiger partial charge in [0.2, 0.25) is 0 Å². The standard InChI is InChI=1S/C20H28O4/c1-13-11-15-16-18(2,17(21)24-15)7-4-8-19(16,3)20(13,22)9-5-14-6-10-23-12-14/h6,10,12-13,15-16,22H,4-5,7-9,11H2,1-3H3/t13?,15-,16+,18+,19+,20-/m1/s1. The van der Waals surface area contributed by atoms with Crippen LogP contribution in [0.3, 0.4) is 0 Å². The van der Waals surface area contributed by atoms with E-state index < -0.39 is 11.0 Å². The Morgan fingerprint density at radius 2 is 2.12 bits per heavy atom. The number of hydrogen-bond donors (Lipinski definition) is 1. The maximum atomic E-state index is 12.6. The van der Waals surface area contributed by atoms with Crippen LogP contribution in [0.15, 0.2) is 23.0 Å².